The van der Waals surface area contributed by atoms with Crippen molar-refractivity contribution < 1.29 is 9.90 Å². The molecule has 0 bridgehead atoms. The number of halogens is 1. The second-order valence-electron chi connectivity index (χ2n) is 3.18. The summed E-state index contributed by atoms with van der Waals surface area (Å²) in [6, 6.07) is 0. The summed E-state index contributed by atoms with van der Waals surface area (Å²) in [5.41, 5.74) is 1.51. The highest BCUT2D eigenvalue weighted by Gasteiger charge is 2.11. The molecule has 7 heteroatoms. The molecule has 0 spiro atoms. The van der Waals surface area contributed by atoms with E-state index in [1.54, 1.807) is 16.3 Å². The normalized spacial score (nSPS) is 10.6. The molecule has 2 heterocycles. The Balaban J connectivity index is 2.21. The van der Waals surface area contributed by atoms with Crippen LogP contribution in [0.15, 0.2) is 11.6 Å². The van der Waals surface area contributed by atoms with Crippen molar-refractivity contribution in [3.8, 4) is 0 Å². The van der Waals surface area contributed by atoms with Crippen molar-refractivity contribution in [1.29, 1.82) is 0 Å². The summed E-state index contributed by atoms with van der Waals surface area (Å²) < 4.78 is 1.68. The minimum Gasteiger partial charge on any atom is -0.476 e. The van der Waals surface area contributed by atoms with Gasteiger partial charge in [0.2, 0.25) is 5.01 Å². The highest BCUT2D eigenvalue weighted by Crippen LogP contribution is 2.16. The van der Waals surface area contributed by atoms with Crippen LogP contribution in [0.5, 0.6) is 0 Å². The number of nitrogens with zero attached hydrogens (tertiary/aromatic N) is 3. The second-order valence-corrected chi connectivity index (χ2v) is 4.45. The SMILES string of the molecule is Cc1c(Cl)cnn1Cc1csc(C(=O)O)n1. The van der Waals surface area contributed by atoms with Crippen LogP contribution in [-0.2, 0) is 6.54 Å². The number of rotatable bonds is 3. The molecular weight excluding hydrogens is 250 g/mol. The standard InChI is InChI=1S/C9H8ClN3O2S/c1-5-7(10)2-11-13(5)3-6-4-16-8(12-6)9(14)15/h2,4H,3H2,1H3,(H,14,15). The fraction of sp³-hybridized carbons (Fsp3) is 0.222. The van der Waals surface area contributed by atoms with E-state index in [1.165, 1.54) is 0 Å². The quantitative estimate of drug-likeness (QED) is 0.914. The third-order valence-electron chi connectivity index (χ3n) is 2.09. The van der Waals surface area contributed by atoms with Crippen LogP contribution in [0, 0.1) is 6.92 Å². The summed E-state index contributed by atoms with van der Waals surface area (Å²) in [7, 11) is 0. The van der Waals surface area contributed by atoms with Crippen LogP contribution in [-0.4, -0.2) is 25.8 Å². The lowest BCUT2D eigenvalue weighted by atomic mass is 10.4. The maximum Gasteiger partial charge on any atom is 0.365 e. The van der Waals surface area contributed by atoms with Crippen LogP contribution in [0.3, 0.4) is 0 Å². The van der Waals surface area contributed by atoms with E-state index in [0.717, 1.165) is 17.0 Å². The average molecular weight is 258 g/mol. The number of aromatic carboxylic acids is 1. The largest absolute Gasteiger partial charge is 0.476 e. The van der Waals surface area contributed by atoms with E-state index in [-0.39, 0.29) is 5.01 Å². The number of aromatic nitrogens is 3. The van der Waals surface area contributed by atoms with Crippen LogP contribution in [0.4, 0.5) is 0 Å². The van der Waals surface area contributed by atoms with E-state index in [0.29, 0.717) is 17.3 Å². The lowest BCUT2D eigenvalue weighted by Gasteiger charge is -2.00. The number of carboxylic acid groups (broad SMARTS) is 1. The highest BCUT2D eigenvalue weighted by atomic mass is 35.5. The lowest BCUT2D eigenvalue weighted by molar-refractivity contribution is 0.0696. The first-order valence-corrected chi connectivity index (χ1v) is 5.69. The van der Waals surface area contributed by atoms with Gasteiger partial charge in [-0.3, -0.25) is 4.68 Å². The molecule has 0 atom stereocenters. The minimum absolute atomic E-state index is 0.0888. The maximum atomic E-state index is 10.6. The Morgan fingerprint density at radius 1 is 1.69 bits per heavy atom. The molecule has 0 fully saturated rings. The molecule has 1 N–H and O–H groups in total. The van der Waals surface area contributed by atoms with Crippen LogP contribution in [0.25, 0.3) is 0 Å². The Hall–Kier alpha value is -1.40. The van der Waals surface area contributed by atoms with Gasteiger partial charge in [-0.2, -0.15) is 5.10 Å². The predicted octanol–water partition coefficient (Wildman–Crippen LogP) is 2.05. The summed E-state index contributed by atoms with van der Waals surface area (Å²) in [6.07, 6.45) is 1.56. The monoisotopic (exact) mass is 257 g/mol. The van der Waals surface area contributed by atoms with Crippen molar-refractivity contribution in [3.05, 3.63) is 33.0 Å². The summed E-state index contributed by atoms with van der Waals surface area (Å²) >= 11 is 6.96. The molecule has 5 nitrogen and oxygen atoms in total. The molecule has 0 aromatic carbocycles. The zero-order valence-electron chi connectivity index (χ0n) is 8.35. The maximum absolute atomic E-state index is 10.6. The van der Waals surface area contributed by atoms with Gasteiger partial charge < -0.3 is 5.11 Å². The molecule has 0 aliphatic heterocycles. The zero-order chi connectivity index (χ0) is 11.7. The van der Waals surface area contributed by atoms with Crippen molar-refractivity contribution in [1.82, 2.24) is 14.8 Å². The van der Waals surface area contributed by atoms with Crippen molar-refractivity contribution in [2.75, 3.05) is 0 Å². The van der Waals surface area contributed by atoms with Crippen LogP contribution >= 0.6 is 22.9 Å². The van der Waals surface area contributed by atoms with Crippen molar-refractivity contribution in [2.45, 2.75) is 13.5 Å². The van der Waals surface area contributed by atoms with Gasteiger partial charge in [-0.15, -0.1) is 11.3 Å². The molecule has 2 aromatic heterocycles. The van der Waals surface area contributed by atoms with E-state index >= 15 is 0 Å². The molecule has 0 saturated heterocycles. The first-order chi connectivity index (χ1) is 7.58. The summed E-state index contributed by atoms with van der Waals surface area (Å²) in [5.74, 6) is -1.01. The van der Waals surface area contributed by atoms with E-state index in [4.69, 9.17) is 16.7 Å². The van der Waals surface area contributed by atoms with Gasteiger partial charge in [0.05, 0.1) is 29.2 Å². The topological polar surface area (TPSA) is 68.0 Å². The second kappa shape index (κ2) is 4.23. The smallest absolute Gasteiger partial charge is 0.365 e. The van der Waals surface area contributed by atoms with Crippen LogP contribution in [0.2, 0.25) is 5.02 Å². The summed E-state index contributed by atoms with van der Waals surface area (Å²) in [6.45, 7) is 2.28. The number of carboxylic acids is 1. The van der Waals surface area contributed by atoms with E-state index in [9.17, 15) is 4.79 Å². The Morgan fingerprint density at radius 3 is 2.94 bits per heavy atom. The first kappa shape index (κ1) is 11.1. The van der Waals surface area contributed by atoms with Crippen LogP contribution in [0.1, 0.15) is 21.2 Å². The molecule has 0 radical (unpaired) electrons. The fourth-order valence-electron chi connectivity index (χ4n) is 1.21. The Kier molecular flexibility index (Phi) is 2.93. The number of thiazole rings is 1. The van der Waals surface area contributed by atoms with Gasteiger partial charge in [0.1, 0.15) is 0 Å². The molecule has 0 saturated carbocycles. The Labute approximate surface area is 100 Å². The Bertz CT molecular complexity index is 535. The van der Waals surface area contributed by atoms with Crippen molar-refractivity contribution >= 4 is 28.9 Å². The number of hydrogen-bond acceptors (Lipinski definition) is 4. The van der Waals surface area contributed by atoms with Crippen LogP contribution < -0.4 is 0 Å². The Morgan fingerprint density at radius 2 is 2.44 bits per heavy atom. The molecule has 0 aliphatic carbocycles. The van der Waals surface area contributed by atoms with Gasteiger partial charge in [0, 0.05) is 5.38 Å². The number of hydrogen-bond donors (Lipinski definition) is 1. The lowest BCUT2D eigenvalue weighted by Crippen LogP contribution is -2.04. The van der Waals surface area contributed by atoms with E-state index in [1.807, 2.05) is 6.92 Å². The molecule has 84 valence electrons. The fourth-order valence-corrected chi connectivity index (χ4v) is 2.00. The molecule has 0 aliphatic rings. The molecule has 0 unspecified atom stereocenters. The average Bonchev–Trinajstić information content (AvgIpc) is 2.81. The van der Waals surface area contributed by atoms with Crippen molar-refractivity contribution in [2.24, 2.45) is 0 Å². The minimum atomic E-state index is -1.01. The number of carbonyl (C=O) groups is 1. The van der Waals surface area contributed by atoms with Gasteiger partial charge in [0.15, 0.2) is 0 Å². The molecule has 2 aromatic rings. The third kappa shape index (κ3) is 2.07. The van der Waals surface area contributed by atoms with E-state index in [2.05, 4.69) is 10.1 Å². The van der Waals surface area contributed by atoms with E-state index < -0.39 is 5.97 Å². The molecule has 2 rings (SSSR count). The van der Waals surface area contributed by atoms with Gasteiger partial charge in [-0.25, -0.2) is 9.78 Å². The third-order valence-corrected chi connectivity index (χ3v) is 3.34. The zero-order valence-corrected chi connectivity index (χ0v) is 9.92. The molecular formula is C9H8ClN3O2S. The van der Waals surface area contributed by atoms with Crippen molar-refractivity contribution in [3.63, 3.8) is 0 Å². The predicted molar refractivity (Wildman–Crippen MR) is 60.1 cm³/mol. The van der Waals surface area contributed by atoms with Gasteiger partial charge in [-0.1, -0.05) is 11.6 Å². The molecule has 0 amide bonds. The highest BCUT2D eigenvalue weighted by molar-refractivity contribution is 7.11. The summed E-state index contributed by atoms with van der Waals surface area (Å²) in [5, 5.41) is 15.2. The molecule has 16 heavy (non-hydrogen) atoms. The van der Waals surface area contributed by atoms with Gasteiger partial charge in [-0.05, 0) is 6.92 Å². The first-order valence-electron chi connectivity index (χ1n) is 4.43. The summed E-state index contributed by atoms with van der Waals surface area (Å²) in [4.78, 5) is 14.6. The van der Waals surface area contributed by atoms with Gasteiger partial charge >= 0.3 is 5.97 Å². The van der Waals surface area contributed by atoms with Gasteiger partial charge in [0.25, 0.3) is 0 Å².